The number of nitrogens with zero attached hydrogens (tertiary/aromatic N) is 2. The van der Waals surface area contributed by atoms with Crippen molar-refractivity contribution >= 4 is 5.96 Å². The summed E-state index contributed by atoms with van der Waals surface area (Å²) in [4.78, 5) is 7.42. The molecule has 3 atom stereocenters. The van der Waals surface area contributed by atoms with Crippen LogP contribution in [0.25, 0.3) is 0 Å². The van der Waals surface area contributed by atoms with E-state index in [-0.39, 0.29) is 0 Å². The Labute approximate surface area is 193 Å². The Kier molecular flexibility index (Phi) is 10.6. The second kappa shape index (κ2) is 13.7. The van der Waals surface area contributed by atoms with Gasteiger partial charge in [-0.3, -0.25) is 9.89 Å². The van der Waals surface area contributed by atoms with E-state index in [0.29, 0.717) is 17.9 Å². The number of hydrogen-bond acceptors (Lipinski definition) is 5. The molecule has 0 bridgehead atoms. The van der Waals surface area contributed by atoms with E-state index >= 15 is 0 Å². The predicted octanol–water partition coefficient (Wildman–Crippen LogP) is 3.08. The van der Waals surface area contributed by atoms with Crippen LogP contribution < -0.4 is 15.4 Å². The van der Waals surface area contributed by atoms with Gasteiger partial charge in [-0.1, -0.05) is 12.1 Å². The number of benzene rings is 1. The van der Waals surface area contributed by atoms with E-state index in [0.717, 1.165) is 77.2 Å². The molecule has 2 N–H and O–H groups in total. The first kappa shape index (κ1) is 24.8. The molecule has 1 aromatic rings. The summed E-state index contributed by atoms with van der Waals surface area (Å²) in [6.07, 6.45) is 4.52. The van der Waals surface area contributed by atoms with Crippen LogP contribution in [0.5, 0.6) is 5.75 Å². The summed E-state index contributed by atoms with van der Waals surface area (Å²) in [7, 11) is 3.94. The van der Waals surface area contributed by atoms with Crippen molar-refractivity contribution in [2.75, 3.05) is 66.8 Å². The van der Waals surface area contributed by atoms with Gasteiger partial charge in [0, 0.05) is 44.8 Å². The Bertz CT molecular complexity index is 676. The van der Waals surface area contributed by atoms with Gasteiger partial charge in [-0.25, -0.2) is 0 Å². The molecule has 32 heavy (non-hydrogen) atoms. The summed E-state index contributed by atoms with van der Waals surface area (Å²) in [5, 5.41) is 6.86. The van der Waals surface area contributed by atoms with Gasteiger partial charge < -0.3 is 24.8 Å². The number of hydrogen-bond donors (Lipinski definition) is 2. The molecule has 0 aliphatic carbocycles. The Morgan fingerprint density at radius 3 is 2.78 bits per heavy atom. The lowest BCUT2D eigenvalue weighted by Crippen LogP contribution is -2.40. The minimum atomic E-state index is 0.384. The Morgan fingerprint density at radius 2 is 2.06 bits per heavy atom. The fourth-order valence-electron chi connectivity index (χ4n) is 4.67. The van der Waals surface area contributed by atoms with Gasteiger partial charge in [0.1, 0.15) is 5.75 Å². The number of nitrogens with one attached hydrogen (secondary N) is 2. The maximum Gasteiger partial charge on any atom is 0.191 e. The van der Waals surface area contributed by atoms with Gasteiger partial charge in [-0.15, -0.1) is 0 Å². The average Bonchev–Trinajstić information content (AvgIpc) is 3.33. The molecule has 7 nitrogen and oxygen atoms in total. The zero-order valence-corrected chi connectivity index (χ0v) is 20.1. The molecule has 2 aliphatic rings. The number of piperidine rings is 1. The number of ether oxygens (including phenoxy) is 3. The van der Waals surface area contributed by atoms with Crippen LogP contribution in [-0.2, 0) is 9.47 Å². The lowest BCUT2D eigenvalue weighted by Gasteiger charge is -2.39. The molecule has 0 amide bonds. The SMILES string of the molecule is CCNC(=NCC1CCCN(C)C1c1ccc(OC)cc1)NCCCOCC1CCOC1. The standard InChI is InChI=1S/C25H42N4O3/c1-4-26-25(27-13-6-15-31-18-20-12-16-32-19-20)28-17-22-7-5-14-29(2)24(22)21-8-10-23(30-3)11-9-21/h8-11,20,22,24H,4-7,12-19H2,1-3H3,(H2,26,27,28). The smallest absolute Gasteiger partial charge is 0.191 e. The predicted molar refractivity (Wildman–Crippen MR) is 129 cm³/mol. The zero-order chi connectivity index (χ0) is 22.6. The van der Waals surface area contributed by atoms with Crippen LogP contribution >= 0.6 is 0 Å². The normalized spacial score (nSPS) is 24.5. The fourth-order valence-corrected chi connectivity index (χ4v) is 4.67. The lowest BCUT2D eigenvalue weighted by atomic mass is 9.85. The van der Waals surface area contributed by atoms with E-state index < -0.39 is 0 Å². The summed E-state index contributed by atoms with van der Waals surface area (Å²) >= 11 is 0. The first-order valence-electron chi connectivity index (χ1n) is 12.2. The molecule has 2 heterocycles. The molecule has 0 radical (unpaired) electrons. The molecule has 0 saturated carbocycles. The highest BCUT2D eigenvalue weighted by molar-refractivity contribution is 5.79. The van der Waals surface area contributed by atoms with Crippen molar-refractivity contribution in [2.45, 2.75) is 38.6 Å². The minimum absolute atomic E-state index is 0.384. The van der Waals surface area contributed by atoms with Gasteiger partial charge in [0.2, 0.25) is 0 Å². The largest absolute Gasteiger partial charge is 0.497 e. The molecule has 7 heteroatoms. The van der Waals surface area contributed by atoms with E-state index in [1.807, 2.05) is 0 Å². The molecular formula is C25H42N4O3. The van der Waals surface area contributed by atoms with E-state index in [1.54, 1.807) is 7.11 Å². The highest BCUT2D eigenvalue weighted by Crippen LogP contribution is 2.35. The van der Waals surface area contributed by atoms with Gasteiger partial charge in [-0.05, 0) is 69.8 Å². The van der Waals surface area contributed by atoms with Crippen LogP contribution in [0.3, 0.4) is 0 Å². The number of aliphatic imine (C=N–C) groups is 1. The van der Waals surface area contributed by atoms with Gasteiger partial charge in [0.05, 0.1) is 20.3 Å². The highest BCUT2D eigenvalue weighted by Gasteiger charge is 2.30. The summed E-state index contributed by atoms with van der Waals surface area (Å²) in [6, 6.07) is 8.90. The topological polar surface area (TPSA) is 67.4 Å². The molecule has 1 aromatic carbocycles. The fraction of sp³-hybridized carbons (Fsp3) is 0.720. The first-order valence-corrected chi connectivity index (χ1v) is 12.2. The van der Waals surface area contributed by atoms with Crippen molar-refractivity contribution in [1.29, 1.82) is 0 Å². The number of methoxy groups -OCH3 is 1. The number of guanidine groups is 1. The third kappa shape index (κ3) is 7.64. The maximum atomic E-state index is 5.81. The summed E-state index contributed by atoms with van der Waals surface area (Å²) in [6.45, 7) is 9.09. The van der Waals surface area contributed by atoms with Crippen molar-refractivity contribution in [2.24, 2.45) is 16.8 Å². The molecule has 2 fully saturated rings. The quantitative estimate of drug-likeness (QED) is 0.309. The molecule has 2 saturated heterocycles. The van der Waals surface area contributed by atoms with Gasteiger partial charge in [-0.2, -0.15) is 0 Å². The van der Waals surface area contributed by atoms with Crippen molar-refractivity contribution < 1.29 is 14.2 Å². The third-order valence-corrected chi connectivity index (χ3v) is 6.43. The van der Waals surface area contributed by atoms with Crippen LogP contribution in [0.4, 0.5) is 0 Å². The second-order valence-corrected chi connectivity index (χ2v) is 8.91. The van der Waals surface area contributed by atoms with Gasteiger partial charge in [0.15, 0.2) is 5.96 Å². The van der Waals surface area contributed by atoms with Gasteiger partial charge in [0.25, 0.3) is 0 Å². The van der Waals surface area contributed by atoms with Gasteiger partial charge >= 0.3 is 0 Å². The van der Waals surface area contributed by atoms with Crippen LogP contribution in [0.2, 0.25) is 0 Å². The number of likely N-dealkylation sites (tertiary alicyclic amines) is 1. The van der Waals surface area contributed by atoms with Crippen molar-refractivity contribution in [3.63, 3.8) is 0 Å². The molecule has 2 aliphatic heterocycles. The van der Waals surface area contributed by atoms with Crippen molar-refractivity contribution in [3.8, 4) is 5.75 Å². The zero-order valence-electron chi connectivity index (χ0n) is 20.1. The van der Waals surface area contributed by atoms with Crippen LogP contribution in [0.15, 0.2) is 29.3 Å². The highest BCUT2D eigenvalue weighted by atomic mass is 16.5. The van der Waals surface area contributed by atoms with Crippen LogP contribution in [0.1, 0.15) is 44.2 Å². The van der Waals surface area contributed by atoms with E-state index in [9.17, 15) is 0 Å². The first-order chi connectivity index (χ1) is 15.7. The summed E-state index contributed by atoms with van der Waals surface area (Å²) in [5.41, 5.74) is 1.34. The molecule has 0 aromatic heterocycles. The third-order valence-electron chi connectivity index (χ3n) is 6.43. The number of rotatable bonds is 11. The maximum absolute atomic E-state index is 5.81. The monoisotopic (exact) mass is 446 g/mol. The molecule has 3 unspecified atom stereocenters. The Balaban J connectivity index is 1.48. The molecule has 3 rings (SSSR count). The van der Waals surface area contributed by atoms with E-state index in [1.165, 1.54) is 18.4 Å². The van der Waals surface area contributed by atoms with E-state index in [2.05, 4.69) is 53.8 Å². The molecule has 0 spiro atoms. The van der Waals surface area contributed by atoms with E-state index in [4.69, 9.17) is 19.2 Å². The second-order valence-electron chi connectivity index (χ2n) is 8.91. The Hall–Kier alpha value is -1.83. The summed E-state index contributed by atoms with van der Waals surface area (Å²) < 4.78 is 16.5. The minimum Gasteiger partial charge on any atom is -0.497 e. The average molecular weight is 447 g/mol. The summed E-state index contributed by atoms with van der Waals surface area (Å²) in [5.74, 6) is 2.88. The van der Waals surface area contributed by atoms with Crippen LogP contribution in [-0.4, -0.2) is 77.6 Å². The lowest BCUT2D eigenvalue weighted by molar-refractivity contribution is 0.0888. The van der Waals surface area contributed by atoms with Crippen molar-refractivity contribution in [3.05, 3.63) is 29.8 Å². The van der Waals surface area contributed by atoms with Crippen molar-refractivity contribution in [1.82, 2.24) is 15.5 Å². The van der Waals surface area contributed by atoms with Crippen LogP contribution in [0, 0.1) is 11.8 Å². The molecular weight excluding hydrogens is 404 g/mol. The molecule has 180 valence electrons. The Morgan fingerprint density at radius 1 is 1.22 bits per heavy atom.